The first-order chi connectivity index (χ1) is 9.75. The molecule has 114 valence electrons. The molecule has 0 saturated carbocycles. The Morgan fingerprint density at radius 1 is 1.24 bits per heavy atom. The van der Waals surface area contributed by atoms with Gasteiger partial charge in [0.1, 0.15) is 12.1 Å². The molecule has 0 radical (unpaired) electrons. The molecule has 4 nitrogen and oxygen atoms in total. The van der Waals surface area contributed by atoms with Gasteiger partial charge in [-0.15, -0.1) is 0 Å². The van der Waals surface area contributed by atoms with Crippen LogP contribution in [0.3, 0.4) is 0 Å². The molecule has 2 unspecified atom stereocenters. The summed E-state index contributed by atoms with van der Waals surface area (Å²) in [5, 5.41) is 2.85. The Hall–Kier alpha value is -1.84. The molecule has 0 aliphatic carbocycles. The molecule has 1 aliphatic heterocycles. The quantitative estimate of drug-likeness (QED) is 0.909. The molecule has 2 rings (SSSR count). The Morgan fingerprint density at radius 2 is 1.90 bits per heavy atom. The van der Waals surface area contributed by atoms with Gasteiger partial charge in [0.2, 0.25) is 5.91 Å². The zero-order chi connectivity index (χ0) is 15.8. The lowest BCUT2D eigenvalue weighted by molar-refractivity contribution is -0.136. The van der Waals surface area contributed by atoms with E-state index in [9.17, 15) is 9.59 Å². The normalized spacial score (nSPS) is 23.2. The van der Waals surface area contributed by atoms with Crippen molar-refractivity contribution in [3.05, 3.63) is 29.8 Å². The summed E-state index contributed by atoms with van der Waals surface area (Å²) in [5.41, 5.74) is 1.65. The second kappa shape index (κ2) is 5.51. The van der Waals surface area contributed by atoms with E-state index in [1.807, 2.05) is 45.0 Å². The van der Waals surface area contributed by atoms with Crippen molar-refractivity contribution < 1.29 is 9.59 Å². The van der Waals surface area contributed by atoms with Crippen molar-refractivity contribution in [1.29, 1.82) is 0 Å². The van der Waals surface area contributed by atoms with E-state index in [0.29, 0.717) is 0 Å². The van der Waals surface area contributed by atoms with Crippen molar-refractivity contribution in [1.82, 2.24) is 5.32 Å². The molecule has 0 bridgehead atoms. The van der Waals surface area contributed by atoms with E-state index in [1.54, 1.807) is 11.8 Å². The Morgan fingerprint density at radius 3 is 2.48 bits per heavy atom. The summed E-state index contributed by atoms with van der Waals surface area (Å²) in [6, 6.07) is 6.88. The van der Waals surface area contributed by atoms with Gasteiger partial charge in [0.15, 0.2) is 0 Å². The molecule has 2 atom stereocenters. The van der Waals surface area contributed by atoms with Crippen molar-refractivity contribution in [2.75, 3.05) is 4.90 Å². The number of carbonyl (C=O) groups is 2. The van der Waals surface area contributed by atoms with Gasteiger partial charge in [-0.3, -0.25) is 14.5 Å². The minimum Gasteiger partial charge on any atom is -0.342 e. The lowest BCUT2D eigenvalue weighted by Gasteiger charge is -2.42. The zero-order valence-corrected chi connectivity index (χ0v) is 13.4. The molecule has 1 heterocycles. The molecule has 1 N–H and O–H groups in total. The van der Waals surface area contributed by atoms with E-state index in [0.717, 1.165) is 17.7 Å². The van der Waals surface area contributed by atoms with Crippen LogP contribution in [0.15, 0.2) is 24.3 Å². The van der Waals surface area contributed by atoms with Crippen molar-refractivity contribution in [3.63, 3.8) is 0 Å². The third-order valence-electron chi connectivity index (χ3n) is 4.00. The predicted molar refractivity (Wildman–Crippen MR) is 84.2 cm³/mol. The molecular formula is C17H24N2O2. The average molecular weight is 288 g/mol. The van der Waals surface area contributed by atoms with E-state index < -0.39 is 12.1 Å². The molecule has 1 saturated heterocycles. The van der Waals surface area contributed by atoms with Gasteiger partial charge in [-0.05, 0) is 36.5 Å². The summed E-state index contributed by atoms with van der Waals surface area (Å²) < 4.78 is 0. The molecule has 4 heteroatoms. The van der Waals surface area contributed by atoms with Gasteiger partial charge >= 0.3 is 0 Å². The van der Waals surface area contributed by atoms with Gasteiger partial charge in [0.05, 0.1) is 0 Å². The number of benzene rings is 1. The lowest BCUT2D eigenvalue weighted by Crippen LogP contribution is -2.66. The molecule has 21 heavy (non-hydrogen) atoms. The average Bonchev–Trinajstić information content (AvgIpc) is 2.42. The monoisotopic (exact) mass is 288 g/mol. The fourth-order valence-corrected chi connectivity index (χ4v) is 2.64. The van der Waals surface area contributed by atoms with E-state index in [-0.39, 0.29) is 17.2 Å². The summed E-state index contributed by atoms with van der Waals surface area (Å²) in [6.07, 6.45) is 0.902. The minimum atomic E-state index is -0.494. The maximum Gasteiger partial charge on any atom is 0.250 e. The van der Waals surface area contributed by atoms with Crippen LogP contribution in [0.4, 0.5) is 5.69 Å². The van der Waals surface area contributed by atoms with E-state index in [4.69, 9.17) is 0 Å². The third kappa shape index (κ3) is 2.94. The Labute approximate surface area is 126 Å². The molecule has 1 fully saturated rings. The predicted octanol–water partition coefficient (Wildman–Crippen LogP) is 2.52. The molecular weight excluding hydrogens is 264 g/mol. The van der Waals surface area contributed by atoms with Gasteiger partial charge < -0.3 is 5.32 Å². The van der Waals surface area contributed by atoms with E-state index >= 15 is 0 Å². The number of anilines is 1. The van der Waals surface area contributed by atoms with Crippen LogP contribution in [-0.4, -0.2) is 23.9 Å². The third-order valence-corrected chi connectivity index (χ3v) is 4.00. The summed E-state index contributed by atoms with van der Waals surface area (Å²) in [6.45, 7) is 9.74. The van der Waals surface area contributed by atoms with Crippen LogP contribution < -0.4 is 10.2 Å². The van der Waals surface area contributed by atoms with Crippen LogP contribution in [0.5, 0.6) is 0 Å². The highest BCUT2D eigenvalue weighted by Gasteiger charge is 2.44. The molecule has 1 aromatic carbocycles. The van der Waals surface area contributed by atoms with Gasteiger partial charge in [-0.25, -0.2) is 0 Å². The number of nitrogens with one attached hydrogen (secondary N) is 1. The number of aryl methyl sites for hydroxylation is 1. The SMILES string of the molecule is CCc1cccc(N2C(=O)C(C(C)(C)C)NC(=O)C2C)c1. The number of nitrogens with zero attached hydrogens (tertiary/aromatic N) is 1. The van der Waals surface area contributed by atoms with Crippen LogP contribution in [0.1, 0.15) is 40.2 Å². The summed E-state index contributed by atoms with van der Waals surface area (Å²) in [7, 11) is 0. The molecule has 2 amide bonds. The highest BCUT2D eigenvalue weighted by atomic mass is 16.2. The summed E-state index contributed by atoms with van der Waals surface area (Å²) >= 11 is 0. The van der Waals surface area contributed by atoms with Gasteiger partial charge in [-0.1, -0.05) is 39.8 Å². The first-order valence-corrected chi connectivity index (χ1v) is 7.48. The highest BCUT2D eigenvalue weighted by Crippen LogP contribution is 2.29. The lowest BCUT2D eigenvalue weighted by atomic mass is 9.84. The van der Waals surface area contributed by atoms with Crippen LogP contribution in [0.25, 0.3) is 0 Å². The standard InChI is InChI=1S/C17H24N2O2/c1-6-12-8-7-9-13(10-12)19-11(2)15(20)18-14(16(19)21)17(3,4)5/h7-11,14H,6H2,1-5H3,(H,18,20). The van der Waals surface area contributed by atoms with Gasteiger partial charge in [0, 0.05) is 5.69 Å². The first-order valence-electron chi connectivity index (χ1n) is 7.48. The summed E-state index contributed by atoms with van der Waals surface area (Å²) in [4.78, 5) is 26.7. The highest BCUT2D eigenvalue weighted by molar-refractivity contribution is 6.08. The maximum atomic E-state index is 12.8. The second-order valence-corrected chi connectivity index (χ2v) is 6.72. The van der Waals surface area contributed by atoms with Crippen LogP contribution in [-0.2, 0) is 16.0 Å². The smallest absolute Gasteiger partial charge is 0.250 e. The topological polar surface area (TPSA) is 49.4 Å². The molecule has 0 aromatic heterocycles. The Balaban J connectivity index is 2.43. The van der Waals surface area contributed by atoms with E-state index in [2.05, 4.69) is 12.2 Å². The molecule has 1 aromatic rings. The number of rotatable bonds is 2. The fraction of sp³-hybridized carbons (Fsp3) is 0.529. The second-order valence-electron chi connectivity index (χ2n) is 6.72. The summed E-state index contributed by atoms with van der Waals surface area (Å²) in [5.74, 6) is -0.140. The van der Waals surface area contributed by atoms with Crippen LogP contribution >= 0.6 is 0 Å². The van der Waals surface area contributed by atoms with Crippen molar-refractivity contribution in [2.24, 2.45) is 5.41 Å². The molecule has 0 spiro atoms. The van der Waals surface area contributed by atoms with Crippen molar-refractivity contribution in [2.45, 2.75) is 53.1 Å². The first kappa shape index (κ1) is 15.5. The van der Waals surface area contributed by atoms with Crippen molar-refractivity contribution in [3.8, 4) is 0 Å². The van der Waals surface area contributed by atoms with Gasteiger partial charge in [-0.2, -0.15) is 0 Å². The fourth-order valence-electron chi connectivity index (χ4n) is 2.64. The largest absolute Gasteiger partial charge is 0.342 e. The van der Waals surface area contributed by atoms with Crippen molar-refractivity contribution >= 4 is 17.5 Å². The zero-order valence-electron chi connectivity index (χ0n) is 13.4. The minimum absolute atomic E-state index is 0.0390. The van der Waals surface area contributed by atoms with E-state index in [1.165, 1.54) is 0 Å². The van der Waals surface area contributed by atoms with Crippen LogP contribution in [0, 0.1) is 5.41 Å². The number of amides is 2. The molecule has 1 aliphatic rings. The van der Waals surface area contributed by atoms with Gasteiger partial charge in [0.25, 0.3) is 5.91 Å². The van der Waals surface area contributed by atoms with Crippen LogP contribution in [0.2, 0.25) is 0 Å². The number of carbonyl (C=O) groups excluding carboxylic acids is 2. The maximum absolute atomic E-state index is 12.8. The number of piperazine rings is 1. The Bertz CT molecular complexity index is 560. The Kier molecular flexibility index (Phi) is 4.08. The number of hydrogen-bond donors (Lipinski definition) is 1. The number of hydrogen-bond acceptors (Lipinski definition) is 2.